The number of aliphatic hydroxyl groups excluding tert-OH is 2. The van der Waals surface area contributed by atoms with Gasteiger partial charge in [0.2, 0.25) is 0 Å². The molecule has 0 spiro atoms. The number of esters is 3. The van der Waals surface area contributed by atoms with E-state index in [1.54, 1.807) is 20.8 Å². The van der Waals surface area contributed by atoms with Gasteiger partial charge in [-0.1, -0.05) is 13.8 Å². The first-order valence-electron chi connectivity index (χ1n) is 8.72. The molecule has 3 atom stereocenters. The molecule has 0 aromatic carbocycles. The van der Waals surface area contributed by atoms with Crippen molar-refractivity contribution in [1.29, 1.82) is 0 Å². The van der Waals surface area contributed by atoms with Crippen LogP contribution in [0.3, 0.4) is 0 Å². The third-order valence-corrected chi connectivity index (χ3v) is 3.48. The standard InChI is InChI=1S/C17H30O8/c1-4-14(19)24-11-12(18)17(22)13(25-15(20)5-2)9-7-8-10-16(21)23-6-3/h12-13,17-18,22H,4-11H2,1-3H3. The number of hydrogen-bond donors (Lipinski definition) is 2. The van der Waals surface area contributed by atoms with E-state index in [9.17, 15) is 24.6 Å². The Labute approximate surface area is 148 Å². The van der Waals surface area contributed by atoms with E-state index < -0.39 is 30.3 Å². The van der Waals surface area contributed by atoms with Crippen LogP contribution in [0.15, 0.2) is 0 Å². The summed E-state index contributed by atoms with van der Waals surface area (Å²) in [4.78, 5) is 33.9. The summed E-state index contributed by atoms with van der Waals surface area (Å²) in [6.07, 6.45) is -1.90. The van der Waals surface area contributed by atoms with Gasteiger partial charge in [0.1, 0.15) is 24.9 Å². The fourth-order valence-corrected chi connectivity index (χ4v) is 2.03. The molecular formula is C17H30O8. The first-order valence-corrected chi connectivity index (χ1v) is 8.72. The van der Waals surface area contributed by atoms with E-state index in [1.165, 1.54) is 0 Å². The number of aliphatic hydroxyl groups is 2. The molecule has 2 N–H and O–H groups in total. The van der Waals surface area contributed by atoms with E-state index in [1.807, 2.05) is 0 Å². The highest BCUT2D eigenvalue weighted by molar-refractivity contribution is 5.69. The molecule has 0 aliphatic heterocycles. The summed E-state index contributed by atoms with van der Waals surface area (Å²) in [5, 5.41) is 20.1. The van der Waals surface area contributed by atoms with Crippen LogP contribution in [-0.2, 0) is 28.6 Å². The van der Waals surface area contributed by atoms with Crippen LogP contribution in [0.2, 0.25) is 0 Å². The molecule has 0 heterocycles. The predicted molar refractivity (Wildman–Crippen MR) is 88.5 cm³/mol. The molecule has 0 aliphatic rings. The van der Waals surface area contributed by atoms with Crippen LogP contribution in [0.25, 0.3) is 0 Å². The third-order valence-electron chi connectivity index (χ3n) is 3.48. The van der Waals surface area contributed by atoms with Gasteiger partial charge in [-0.2, -0.15) is 0 Å². The highest BCUT2D eigenvalue weighted by atomic mass is 16.6. The Morgan fingerprint density at radius 1 is 0.880 bits per heavy atom. The maximum absolute atomic E-state index is 11.5. The highest BCUT2D eigenvalue weighted by Crippen LogP contribution is 2.15. The summed E-state index contributed by atoms with van der Waals surface area (Å²) < 4.78 is 14.8. The molecule has 0 bridgehead atoms. The molecule has 8 nitrogen and oxygen atoms in total. The van der Waals surface area contributed by atoms with Gasteiger partial charge in [-0.15, -0.1) is 0 Å². The zero-order valence-electron chi connectivity index (χ0n) is 15.2. The molecule has 3 unspecified atom stereocenters. The molecule has 0 aromatic heterocycles. The lowest BCUT2D eigenvalue weighted by Crippen LogP contribution is -2.42. The van der Waals surface area contributed by atoms with Gasteiger partial charge in [-0.05, 0) is 26.2 Å². The van der Waals surface area contributed by atoms with Crippen molar-refractivity contribution in [3.63, 3.8) is 0 Å². The smallest absolute Gasteiger partial charge is 0.305 e. The number of ether oxygens (including phenoxy) is 3. The van der Waals surface area contributed by atoms with Crippen LogP contribution in [0.5, 0.6) is 0 Å². The van der Waals surface area contributed by atoms with E-state index in [2.05, 4.69) is 0 Å². The van der Waals surface area contributed by atoms with Crippen molar-refractivity contribution in [2.45, 2.75) is 77.6 Å². The van der Waals surface area contributed by atoms with Crippen molar-refractivity contribution in [3.8, 4) is 0 Å². The van der Waals surface area contributed by atoms with Crippen LogP contribution in [0.1, 0.15) is 59.3 Å². The van der Waals surface area contributed by atoms with Crippen molar-refractivity contribution < 1.29 is 38.8 Å². The molecule has 25 heavy (non-hydrogen) atoms. The van der Waals surface area contributed by atoms with Crippen molar-refractivity contribution in [2.75, 3.05) is 13.2 Å². The summed E-state index contributed by atoms with van der Waals surface area (Å²) in [5.74, 6) is -1.31. The normalized spacial score (nSPS) is 14.3. The number of carbonyl (C=O) groups excluding carboxylic acids is 3. The minimum Gasteiger partial charge on any atom is -0.466 e. The minimum atomic E-state index is -1.39. The number of hydrogen-bond acceptors (Lipinski definition) is 8. The second-order valence-electron chi connectivity index (χ2n) is 5.53. The average Bonchev–Trinajstić information content (AvgIpc) is 2.61. The van der Waals surface area contributed by atoms with Crippen molar-refractivity contribution in [2.24, 2.45) is 0 Å². The van der Waals surface area contributed by atoms with E-state index >= 15 is 0 Å². The monoisotopic (exact) mass is 362 g/mol. The molecule has 0 aromatic rings. The Hall–Kier alpha value is -1.67. The van der Waals surface area contributed by atoms with Gasteiger partial charge in [0, 0.05) is 19.3 Å². The van der Waals surface area contributed by atoms with Crippen LogP contribution in [0.4, 0.5) is 0 Å². The summed E-state index contributed by atoms with van der Waals surface area (Å²) in [6.45, 7) is 4.89. The quantitative estimate of drug-likeness (QED) is 0.284. The summed E-state index contributed by atoms with van der Waals surface area (Å²) >= 11 is 0. The van der Waals surface area contributed by atoms with Gasteiger partial charge in [0.15, 0.2) is 0 Å². The Morgan fingerprint density at radius 2 is 1.52 bits per heavy atom. The van der Waals surface area contributed by atoms with Crippen LogP contribution >= 0.6 is 0 Å². The molecule has 0 fully saturated rings. The largest absolute Gasteiger partial charge is 0.466 e. The number of unbranched alkanes of at least 4 members (excludes halogenated alkanes) is 1. The van der Waals surface area contributed by atoms with Crippen LogP contribution in [0, 0.1) is 0 Å². The number of carbonyl (C=O) groups is 3. The first kappa shape index (κ1) is 23.3. The zero-order chi connectivity index (χ0) is 19.2. The Morgan fingerprint density at radius 3 is 2.08 bits per heavy atom. The molecule has 0 radical (unpaired) electrons. The molecule has 0 saturated carbocycles. The maximum atomic E-state index is 11.5. The van der Waals surface area contributed by atoms with E-state index in [4.69, 9.17) is 14.2 Å². The second-order valence-corrected chi connectivity index (χ2v) is 5.53. The predicted octanol–water partition coefficient (Wildman–Crippen LogP) is 1.11. The Bertz CT molecular complexity index is 409. The van der Waals surface area contributed by atoms with Crippen LogP contribution < -0.4 is 0 Å². The number of rotatable bonds is 13. The van der Waals surface area contributed by atoms with Gasteiger partial charge in [0.05, 0.1) is 6.61 Å². The summed E-state index contributed by atoms with van der Waals surface area (Å²) in [7, 11) is 0. The minimum absolute atomic E-state index is 0.132. The Balaban J connectivity index is 4.50. The second kappa shape index (κ2) is 13.6. The lowest BCUT2D eigenvalue weighted by atomic mass is 10.0. The van der Waals surface area contributed by atoms with Crippen molar-refractivity contribution in [3.05, 3.63) is 0 Å². The van der Waals surface area contributed by atoms with E-state index in [0.29, 0.717) is 19.4 Å². The fraction of sp³-hybridized carbons (Fsp3) is 0.824. The van der Waals surface area contributed by atoms with Gasteiger partial charge in [-0.25, -0.2) is 0 Å². The molecule has 0 saturated heterocycles. The first-order chi connectivity index (χ1) is 11.8. The third kappa shape index (κ3) is 10.7. The van der Waals surface area contributed by atoms with Crippen LogP contribution in [-0.4, -0.2) is 59.6 Å². The van der Waals surface area contributed by atoms with Gasteiger partial charge in [-0.3, -0.25) is 14.4 Å². The van der Waals surface area contributed by atoms with E-state index in [0.717, 1.165) is 0 Å². The topological polar surface area (TPSA) is 119 Å². The van der Waals surface area contributed by atoms with Gasteiger partial charge < -0.3 is 24.4 Å². The fourth-order valence-electron chi connectivity index (χ4n) is 2.03. The lowest BCUT2D eigenvalue weighted by Gasteiger charge is -2.26. The van der Waals surface area contributed by atoms with E-state index in [-0.39, 0.29) is 38.3 Å². The van der Waals surface area contributed by atoms with Crippen molar-refractivity contribution >= 4 is 17.9 Å². The lowest BCUT2D eigenvalue weighted by molar-refractivity contribution is -0.166. The maximum Gasteiger partial charge on any atom is 0.305 e. The highest BCUT2D eigenvalue weighted by Gasteiger charge is 2.29. The molecule has 0 amide bonds. The summed E-state index contributed by atoms with van der Waals surface area (Å²) in [6, 6.07) is 0. The molecule has 0 rings (SSSR count). The molecule has 0 aliphatic carbocycles. The SMILES string of the molecule is CCOC(=O)CCCCC(OC(=O)CC)C(O)C(O)COC(=O)CC. The molecule has 146 valence electrons. The zero-order valence-corrected chi connectivity index (χ0v) is 15.2. The Kier molecular flexibility index (Phi) is 12.7. The van der Waals surface area contributed by atoms with Gasteiger partial charge >= 0.3 is 17.9 Å². The molecule has 8 heteroatoms. The summed E-state index contributed by atoms with van der Waals surface area (Å²) in [5.41, 5.74) is 0. The molecular weight excluding hydrogens is 332 g/mol. The van der Waals surface area contributed by atoms with Crippen molar-refractivity contribution in [1.82, 2.24) is 0 Å². The van der Waals surface area contributed by atoms with Gasteiger partial charge in [0.25, 0.3) is 0 Å². The average molecular weight is 362 g/mol.